The summed E-state index contributed by atoms with van der Waals surface area (Å²) in [4.78, 5) is 32.0. The van der Waals surface area contributed by atoms with E-state index in [1.165, 1.54) is 11.7 Å². The third kappa shape index (κ3) is 2.68. The minimum atomic E-state index is -0.619. The predicted octanol–water partition coefficient (Wildman–Crippen LogP) is 0.934. The Kier molecular flexibility index (Phi) is 3.61. The quantitative estimate of drug-likeness (QED) is 0.703. The van der Waals surface area contributed by atoms with E-state index in [0.29, 0.717) is 5.82 Å². The molecule has 0 aromatic heterocycles. The number of hydrogen-bond acceptors (Lipinski definition) is 5. The SMILES string of the molecule is C/C(=C\c1ccccc1)c1nc2c(=O)n(C)c(=O)nc-2n(C)n1. The Bertz CT molecular complexity index is 986. The molecule has 7 heteroatoms. The van der Waals surface area contributed by atoms with Gasteiger partial charge in [0.15, 0.2) is 17.3 Å². The highest BCUT2D eigenvalue weighted by Crippen LogP contribution is 2.16. The van der Waals surface area contributed by atoms with Crippen molar-refractivity contribution in [3.63, 3.8) is 0 Å². The van der Waals surface area contributed by atoms with Gasteiger partial charge in [-0.3, -0.25) is 9.36 Å². The number of allylic oxidation sites excluding steroid dienone is 1. The first-order valence-corrected chi connectivity index (χ1v) is 7.03. The summed E-state index contributed by atoms with van der Waals surface area (Å²) in [6.45, 7) is 1.87. The lowest BCUT2D eigenvalue weighted by Gasteiger charge is -2.11. The van der Waals surface area contributed by atoms with Crippen molar-refractivity contribution in [1.82, 2.24) is 24.3 Å². The standard InChI is InChI=1S/C16H15N5O2/c1-10(9-11-7-5-4-6-8-11)13-17-12-14(21(3)19-13)18-16(23)20(2)15(12)22/h4-9H,1-3H3/b10-9+. The minimum Gasteiger partial charge on any atom is -0.267 e. The third-order valence-corrected chi connectivity index (χ3v) is 3.51. The van der Waals surface area contributed by atoms with Crippen molar-refractivity contribution >= 4 is 11.6 Å². The zero-order chi connectivity index (χ0) is 16.6. The molecule has 0 atom stereocenters. The normalized spacial score (nSPS) is 11.9. The van der Waals surface area contributed by atoms with Crippen LogP contribution in [-0.2, 0) is 14.1 Å². The lowest BCUT2D eigenvalue weighted by atomic mass is 10.1. The lowest BCUT2D eigenvalue weighted by molar-refractivity contribution is 0.668. The van der Waals surface area contributed by atoms with Crippen LogP contribution in [-0.4, -0.2) is 24.3 Å². The van der Waals surface area contributed by atoms with Gasteiger partial charge in [-0.25, -0.2) is 14.5 Å². The maximum Gasteiger partial charge on any atom is 0.352 e. The van der Waals surface area contributed by atoms with Gasteiger partial charge in [0.1, 0.15) is 0 Å². The van der Waals surface area contributed by atoms with Crippen LogP contribution < -0.4 is 11.2 Å². The molecule has 0 bridgehead atoms. The first-order chi connectivity index (χ1) is 11.0. The molecule has 7 nitrogen and oxygen atoms in total. The number of fused-ring (bicyclic) bond motifs is 1. The topological polar surface area (TPSA) is 82.7 Å². The molecule has 0 amide bonds. The maximum absolute atomic E-state index is 12.2. The Balaban J connectivity index is 2.21. The molecular weight excluding hydrogens is 294 g/mol. The van der Waals surface area contributed by atoms with Gasteiger partial charge in [0, 0.05) is 14.1 Å². The van der Waals surface area contributed by atoms with Crippen LogP contribution in [0.2, 0.25) is 0 Å². The van der Waals surface area contributed by atoms with Crippen molar-refractivity contribution in [1.29, 1.82) is 0 Å². The van der Waals surface area contributed by atoms with E-state index in [0.717, 1.165) is 15.7 Å². The van der Waals surface area contributed by atoms with Crippen molar-refractivity contribution in [2.45, 2.75) is 6.92 Å². The summed E-state index contributed by atoms with van der Waals surface area (Å²) in [6.07, 6.45) is 1.93. The fraction of sp³-hybridized carbons (Fsp3) is 0.188. The van der Waals surface area contributed by atoms with Gasteiger partial charge >= 0.3 is 5.69 Å². The van der Waals surface area contributed by atoms with E-state index in [4.69, 9.17) is 0 Å². The molecule has 23 heavy (non-hydrogen) atoms. The van der Waals surface area contributed by atoms with Gasteiger partial charge in [0.2, 0.25) is 0 Å². The van der Waals surface area contributed by atoms with Crippen LogP contribution in [0.25, 0.3) is 23.2 Å². The van der Waals surface area contributed by atoms with E-state index in [9.17, 15) is 9.59 Å². The van der Waals surface area contributed by atoms with Crippen LogP contribution in [0.15, 0.2) is 39.9 Å². The number of aromatic nitrogens is 5. The Morgan fingerprint density at radius 2 is 1.78 bits per heavy atom. The molecule has 1 aromatic rings. The fourth-order valence-electron chi connectivity index (χ4n) is 2.23. The average Bonchev–Trinajstić information content (AvgIpc) is 2.54. The van der Waals surface area contributed by atoms with E-state index in [2.05, 4.69) is 15.1 Å². The van der Waals surface area contributed by atoms with Gasteiger partial charge in [0.05, 0.1) is 0 Å². The summed E-state index contributed by atoms with van der Waals surface area (Å²) in [5.41, 5.74) is 0.845. The molecule has 0 saturated heterocycles. The van der Waals surface area contributed by atoms with Crippen molar-refractivity contribution in [3.05, 3.63) is 62.6 Å². The van der Waals surface area contributed by atoms with Gasteiger partial charge in [-0.2, -0.15) is 10.1 Å². The van der Waals surface area contributed by atoms with Gasteiger partial charge < -0.3 is 0 Å². The molecular formula is C16H15N5O2. The van der Waals surface area contributed by atoms with E-state index in [-0.39, 0.29) is 11.5 Å². The molecule has 0 N–H and O–H groups in total. The second-order valence-corrected chi connectivity index (χ2v) is 5.23. The molecule has 0 saturated carbocycles. The van der Waals surface area contributed by atoms with Crippen molar-refractivity contribution in [3.8, 4) is 11.5 Å². The molecule has 0 spiro atoms. The Labute approximate surface area is 131 Å². The number of nitrogens with zero attached hydrogens (tertiary/aromatic N) is 5. The second-order valence-electron chi connectivity index (χ2n) is 5.23. The summed E-state index contributed by atoms with van der Waals surface area (Å²) in [7, 11) is 3.01. The van der Waals surface area contributed by atoms with E-state index in [1.807, 2.05) is 43.3 Å². The van der Waals surface area contributed by atoms with Crippen LogP contribution in [0.3, 0.4) is 0 Å². The maximum atomic E-state index is 12.2. The van der Waals surface area contributed by atoms with Crippen molar-refractivity contribution in [2.24, 2.45) is 14.1 Å². The predicted molar refractivity (Wildman–Crippen MR) is 86.9 cm³/mol. The number of benzene rings is 1. The van der Waals surface area contributed by atoms with Crippen molar-refractivity contribution < 1.29 is 0 Å². The molecule has 2 aliphatic heterocycles. The highest BCUT2D eigenvalue weighted by molar-refractivity contribution is 5.77. The van der Waals surface area contributed by atoms with Gasteiger partial charge in [0.25, 0.3) is 5.56 Å². The summed E-state index contributed by atoms with van der Waals surface area (Å²) in [5.74, 6) is 0.593. The first-order valence-electron chi connectivity index (χ1n) is 7.03. The molecule has 3 rings (SSSR count). The van der Waals surface area contributed by atoms with Gasteiger partial charge in [-0.05, 0) is 24.1 Å². The van der Waals surface area contributed by atoms with Crippen LogP contribution in [0.5, 0.6) is 0 Å². The van der Waals surface area contributed by atoms with E-state index in [1.54, 1.807) is 7.05 Å². The molecule has 0 unspecified atom stereocenters. The molecule has 116 valence electrons. The molecule has 0 aliphatic carbocycles. The molecule has 2 heterocycles. The third-order valence-electron chi connectivity index (χ3n) is 3.51. The largest absolute Gasteiger partial charge is 0.352 e. The van der Waals surface area contributed by atoms with Gasteiger partial charge in [-0.1, -0.05) is 30.3 Å². The summed E-state index contributed by atoms with van der Waals surface area (Å²) in [6, 6.07) is 9.75. The average molecular weight is 309 g/mol. The highest BCUT2D eigenvalue weighted by Gasteiger charge is 2.19. The molecule has 0 fully saturated rings. The Morgan fingerprint density at radius 3 is 2.48 bits per heavy atom. The molecule has 2 aliphatic rings. The van der Waals surface area contributed by atoms with Crippen molar-refractivity contribution in [2.75, 3.05) is 0 Å². The smallest absolute Gasteiger partial charge is 0.267 e. The molecule has 0 radical (unpaired) electrons. The lowest BCUT2D eigenvalue weighted by Crippen LogP contribution is -2.37. The Morgan fingerprint density at radius 1 is 1.09 bits per heavy atom. The minimum absolute atomic E-state index is 0.125. The van der Waals surface area contributed by atoms with E-state index < -0.39 is 11.2 Å². The monoisotopic (exact) mass is 309 g/mol. The number of aryl methyl sites for hydroxylation is 1. The zero-order valence-corrected chi connectivity index (χ0v) is 13.0. The van der Waals surface area contributed by atoms with Gasteiger partial charge in [-0.15, -0.1) is 0 Å². The summed E-state index contributed by atoms with van der Waals surface area (Å²) in [5, 5.41) is 4.30. The first kappa shape index (κ1) is 14.8. The zero-order valence-electron chi connectivity index (χ0n) is 13.0. The summed E-state index contributed by atoms with van der Waals surface area (Å²) < 4.78 is 2.35. The Hall–Kier alpha value is -3.09. The van der Waals surface area contributed by atoms with Crippen LogP contribution >= 0.6 is 0 Å². The number of rotatable bonds is 2. The van der Waals surface area contributed by atoms with Crippen LogP contribution in [0.1, 0.15) is 18.3 Å². The van der Waals surface area contributed by atoms with Crippen LogP contribution in [0, 0.1) is 0 Å². The molecule has 1 aromatic carbocycles. The second kappa shape index (κ2) is 5.60. The van der Waals surface area contributed by atoms with Crippen LogP contribution in [0.4, 0.5) is 0 Å². The van der Waals surface area contributed by atoms with E-state index >= 15 is 0 Å². The number of hydrogen-bond donors (Lipinski definition) is 0. The highest BCUT2D eigenvalue weighted by atomic mass is 16.2. The summed E-state index contributed by atoms with van der Waals surface area (Å²) >= 11 is 0. The fourth-order valence-corrected chi connectivity index (χ4v) is 2.23.